The van der Waals surface area contributed by atoms with Gasteiger partial charge in [0.05, 0.1) is 16.9 Å². The molecule has 0 amide bonds. The van der Waals surface area contributed by atoms with E-state index in [1.165, 1.54) is 55.3 Å². The molecule has 3 aromatic carbocycles. The van der Waals surface area contributed by atoms with Gasteiger partial charge in [-0.3, -0.25) is 10.4 Å². The highest BCUT2D eigenvalue weighted by Gasteiger charge is 2.23. The molecule has 1 aromatic heterocycles. The van der Waals surface area contributed by atoms with E-state index in [2.05, 4.69) is 85.7 Å². The number of nitrogens with zero attached hydrogens (tertiary/aromatic N) is 1. The van der Waals surface area contributed by atoms with Crippen molar-refractivity contribution in [1.82, 2.24) is 4.98 Å². The minimum atomic E-state index is 1.16. The van der Waals surface area contributed by atoms with Crippen LogP contribution in [0.1, 0.15) is 16.7 Å². The number of aryl methyl sites for hydroxylation is 3. The van der Waals surface area contributed by atoms with Crippen molar-refractivity contribution in [3.8, 4) is 11.1 Å². The second kappa shape index (κ2) is 4.79. The van der Waals surface area contributed by atoms with Gasteiger partial charge in [-0.2, -0.15) is 0 Å². The maximum atomic E-state index is 3.67. The number of nitrogens with one attached hydrogen (secondary N) is 2. The number of fused-ring (bicyclic) bond motifs is 7. The number of anilines is 2. The lowest BCUT2D eigenvalue weighted by Gasteiger charge is -2.31. The van der Waals surface area contributed by atoms with Crippen molar-refractivity contribution in [3.63, 3.8) is 0 Å². The van der Waals surface area contributed by atoms with Crippen LogP contribution in [-0.4, -0.2) is 12.0 Å². The minimum Gasteiger partial charge on any atom is -0.353 e. The SMILES string of the molecule is Cc1ccc2c(c1)-c1ccc3c([nH]c4ccc(C)c(C)c43)c1N(C)N2. The summed E-state index contributed by atoms with van der Waals surface area (Å²) in [5.74, 6) is 0. The van der Waals surface area contributed by atoms with E-state index in [1.807, 2.05) is 0 Å². The van der Waals surface area contributed by atoms with Crippen LogP contribution in [0.3, 0.4) is 0 Å². The van der Waals surface area contributed by atoms with Crippen LogP contribution in [0.25, 0.3) is 32.9 Å². The molecule has 0 atom stereocenters. The van der Waals surface area contributed by atoms with E-state index in [1.54, 1.807) is 0 Å². The highest BCUT2D eigenvalue weighted by atomic mass is 15.5. The standard InChI is InChI=1S/C22H21N3/c1-12-5-9-18-17(11-12)15-7-8-16-20-14(3)13(2)6-10-19(20)23-21(16)22(15)25(4)24-18/h5-11,23-24H,1-4H3. The van der Waals surface area contributed by atoms with Crippen LogP contribution < -0.4 is 10.4 Å². The Hall–Kier alpha value is -2.94. The molecule has 4 aromatic rings. The zero-order valence-corrected chi connectivity index (χ0v) is 15.0. The van der Waals surface area contributed by atoms with Gasteiger partial charge in [0.1, 0.15) is 0 Å². The lowest BCUT2D eigenvalue weighted by Crippen LogP contribution is -2.28. The first-order valence-electron chi connectivity index (χ1n) is 8.70. The molecule has 0 saturated carbocycles. The van der Waals surface area contributed by atoms with Crippen LogP contribution in [0.4, 0.5) is 11.4 Å². The predicted octanol–water partition coefficient (Wildman–Crippen LogP) is 5.69. The van der Waals surface area contributed by atoms with Crippen molar-refractivity contribution in [1.29, 1.82) is 0 Å². The van der Waals surface area contributed by atoms with Gasteiger partial charge in [-0.25, -0.2) is 0 Å². The third-order valence-corrected chi connectivity index (χ3v) is 5.53. The molecular weight excluding hydrogens is 306 g/mol. The van der Waals surface area contributed by atoms with Crippen LogP contribution in [0, 0.1) is 20.8 Å². The van der Waals surface area contributed by atoms with Crippen LogP contribution in [0.2, 0.25) is 0 Å². The number of rotatable bonds is 0. The minimum absolute atomic E-state index is 1.16. The molecule has 2 heterocycles. The van der Waals surface area contributed by atoms with Gasteiger partial charge in [0.15, 0.2) is 0 Å². The number of aromatic nitrogens is 1. The van der Waals surface area contributed by atoms with Crippen LogP contribution >= 0.6 is 0 Å². The zero-order valence-electron chi connectivity index (χ0n) is 15.0. The molecule has 1 aliphatic heterocycles. The summed E-state index contributed by atoms with van der Waals surface area (Å²) in [4.78, 5) is 3.67. The third kappa shape index (κ3) is 1.86. The Morgan fingerprint density at radius 2 is 1.72 bits per heavy atom. The fraction of sp³-hybridized carbons (Fsp3) is 0.182. The van der Waals surface area contributed by atoms with Gasteiger partial charge < -0.3 is 4.98 Å². The number of H-pyrrole nitrogens is 1. The first kappa shape index (κ1) is 14.4. The van der Waals surface area contributed by atoms with E-state index in [-0.39, 0.29) is 0 Å². The molecule has 0 unspecified atom stereocenters. The molecule has 0 saturated heterocycles. The summed E-state index contributed by atoms with van der Waals surface area (Å²) >= 11 is 0. The maximum Gasteiger partial charge on any atom is 0.0888 e. The molecule has 124 valence electrons. The summed E-state index contributed by atoms with van der Waals surface area (Å²) in [6.07, 6.45) is 0. The summed E-state index contributed by atoms with van der Waals surface area (Å²) in [7, 11) is 2.09. The van der Waals surface area contributed by atoms with Crippen molar-refractivity contribution in [2.45, 2.75) is 20.8 Å². The van der Waals surface area contributed by atoms with Crippen LogP contribution in [0.15, 0.2) is 42.5 Å². The Morgan fingerprint density at radius 3 is 2.56 bits per heavy atom. The fourth-order valence-corrected chi connectivity index (χ4v) is 4.11. The largest absolute Gasteiger partial charge is 0.353 e. The van der Waals surface area contributed by atoms with Gasteiger partial charge >= 0.3 is 0 Å². The van der Waals surface area contributed by atoms with Crippen molar-refractivity contribution in [2.75, 3.05) is 17.5 Å². The van der Waals surface area contributed by atoms with Gasteiger partial charge in [-0.15, -0.1) is 0 Å². The molecule has 0 fully saturated rings. The lowest BCUT2D eigenvalue weighted by atomic mass is 9.95. The highest BCUT2D eigenvalue weighted by molar-refractivity contribution is 6.16. The fourth-order valence-electron chi connectivity index (χ4n) is 4.11. The molecule has 0 radical (unpaired) electrons. The number of benzene rings is 3. The Bertz CT molecular complexity index is 1170. The van der Waals surface area contributed by atoms with Gasteiger partial charge in [0.2, 0.25) is 0 Å². The van der Waals surface area contributed by atoms with E-state index in [9.17, 15) is 0 Å². The van der Waals surface area contributed by atoms with Gasteiger partial charge in [-0.1, -0.05) is 29.8 Å². The van der Waals surface area contributed by atoms with E-state index >= 15 is 0 Å². The molecular formula is C22H21N3. The quantitative estimate of drug-likeness (QED) is 0.435. The highest BCUT2D eigenvalue weighted by Crippen LogP contribution is 2.45. The van der Waals surface area contributed by atoms with Gasteiger partial charge in [-0.05, 0) is 50.1 Å². The third-order valence-electron chi connectivity index (χ3n) is 5.53. The van der Waals surface area contributed by atoms with Crippen LogP contribution in [-0.2, 0) is 0 Å². The number of hydrogen-bond acceptors (Lipinski definition) is 2. The van der Waals surface area contributed by atoms with Gasteiger partial charge in [0, 0.05) is 34.5 Å². The molecule has 1 aliphatic rings. The van der Waals surface area contributed by atoms with Crippen molar-refractivity contribution < 1.29 is 0 Å². The Balaban J connectivity index is 1.92. The second-order valence-corrected chi connectivity index (χ2v) is 7.16. The molecule has 0 bridgehead atoms. The number of hydrogen-bond donors (Lipinski definition) is 2. The molecule has 2 N–H and O–H groups in total. The lowest BCUT2D eigenvalue weighted by molar-refractivity contribution is 1.08. The molecule has 25 heavy (non-hydrogen) atoms. The number of aromatic amines is 1. The van der Waals surface area contributed by atoms with Crippen molar-refractivity contribution >= 4 is 33.2 Å². The topological polar surface area (TPSA) is 31.1 Å². The Kier molecular flexibility index (Phi) is 2.76. The summed E-state index contributed by atoms with van der Waals surface area (Å²) < 4.78 is 0. The second-order valence-electron chi connectivity index (χ2n) is 7.16. The maximum absolute atomic E-state index is 3.67. The molecule has 0 aliphatic carbocycles. The normalized spacial score (nSPS) is 13.0. The number of hydrazine groups is 1. The molecule has 0 spiro atoms. The average Bonchev–Trinajstić information content (AvgIpc) is 2.98. The zero-order chi connectivity index (χ0) is 17.3. The Morgan fingerprint density at radius 1 is 0.880 bits per heavy atom. The monoisotopic (exact) mass is 327 g/mol. The summed E-state index contributed by atoms with van der Waals surface area (Å²) in [6, 6.07) is 15.5. The van der Waals surface area contributed by atoms with Crippen molar-refractivity contribution in [2.24, 2.45) is 0 Å². The van der Waals surface area contributed by atoms with E-state index in [0.29, 0.717) is 0 Å². The molecule has 5 rings (SSSR count). The summed E-state index contributed by atoms with van der Waals surface area (Å²) in [5.41, 5.74) is 14.8. The first-order valence-corrected chi connectivity index (χ1v) is 8.70. The van der Waals surface area contributed by atoms with Gasteiger partial charge in [0.25, 0.3) is 0 Å². The average molecular weight is 327 g/mol. The van der Waals surface area contributed by atoms with Crippen LogP contribution in [0.5, 0.6) is 0 Å². The summed E-state index contributed by atoms with van der Waals surface area (Å²) in [6.45, 7) is 6.54. The van der Waals surface area contributed by atoms with E-state index in [0.717, 1.165) is 5.69 Å². The smallest absolute Gasteiger partial charge is 0.0888 e. The molecule has 3 nitrogen and oxygen atoms in total. The van der Waals surface area contributed by atoms with E-state index in [4.69, 9.17) is 0 Å². The summed E-state index contributed by atoms with van der Waals surface area (Å²) in [5, 5.41) is 4.76. The predicted molar refractivity (Wildman–Crippen MR) is 107 cm³/mol. The van der Waals surface area contributed by atoms with Crippen molar-refractivity contribution in [3.05, 3.63) is 59.2 Å². The molecule has 3 heteroatoms. The first-order chi connectivity index (χ1) is 12.0. The Labute approximate surface area is 147 Å². The van der Waals surface area contributed by atoms with E-state index < -0.39 is 0 Å².